The van der Waals surface area contributed by atoms with Crippen LogP contribution in [0.15, 0.2) is 35.2 Å². The molecule has 1 aromatic rings. The van der Waals surface area contributed by atoms with Crippen LogP contribution in [0.25, 0.3) is 0 Å². The Morgan fingerprint density at radius 2 is 1.93 bits per heavy atom. The molecule has 1 aromatic carbocycles. The number of nitrogens with zero attached hydrogens (tertiary/aromatic N) is 1. The molecule has 0 saturated carbocycles. The highest BCUT2D eigenvalue weighted by molar-refractivity contribution is 7.99. The highest BCUT2D eigenvalue weighted by Gasteiger charge is 2.32. The number of thioether (sulfide) groups is 1. The maximum atomic E-state index is 12.5. The molecule has 1 fully saturated rings. The normalized spacial score (nSPS) is 19.4. The van der Waals surface area contributed by atoms with E-state index in [9.17, 15) is 14.7 Å². The van der Waals surface area contributed by atoms with Crippen LogP contribution < -0.4 is 0 Å². The summed E-state index contributed by atoms with van der Waals surface area (Å²) in [6, 6.07) is 10.1. The van der Waals surface area contributed by atoms with E-state index in [2.05, 4.69) is 6.92 Å². The molecule has 2 N–H and O–H groups in total. The van der Waals surface area contributed by atoms with E-state index in [1.165, 1.54) is 11.8 Å². The Balaban J connectivity index is 1.80. The largest absolute Gasteiger partial charge is 0.481 e. The molecule has 2 rings (SSSR count). The fourth-order valence-electron chi connectivity index (χ4n) is 3.92. The molecule has 1 unspecified atom stereocenters. The average Bonchev–Trinajstić information content (AvgIpc) is 2.65. The molecule has 1 aliphatic rings. The molecule has 0 aliphatic carbocycles. The molecule has 6 heteroatoms. The number of hydrogen-bond donors (Lipinski definition) is 2. The lowest BCUT2D eigenvalue weighted by Gasteiger charge is -2.40. The van der Waals surface area contributed by atoms with Crippen molar-refractivity contribution in [2.24, 2.45) is 5.92 Å². The Hall–Kier alpha value is -1.53. The second-order valence-electron chi connectivity index (χ2n) is 7.70. The van der Waals surface area contributed by atoms with E-state index in [1.807, 2.05) is 35.2 Å². The van der Waals surface area contributed by atoms with Gasteiger partial charge in [-0.15, -0.1) is 0 Å². The molecular weight excluding hydrogens is 374 g/mol. The van der Waals surface area contributed by atoms with Crippen LogP contribution in [0, 0.1) is 5.92 Å². The van der Waals surface area contributed by atoms with Crippen molar-refractivity contribution < 1.29 is 19.8 Å². The van der Waals surface area contributed by atoms with Gasteiger partial charge in [-0.3, -0.25) is 9.59 Å². The number of benzene rings is 1. The molecule has 0 spiro atoms. The van der Waals surface area contributed by atoms with Gasteiger partial charge >= 0.3 is 5.97 Å². The van der Waals surface area contributed by atoms with Gasteiger partial charge in [0.25, 0.3) is 0 Å². The number of rotatable bonds is 12. The molecule has 28 heavy (non-hydrogen) atoms. The van der Waals surface area contributed by atoms with Crippen LogP contribution in [0.4, 0.5) is 0 Å². The van der Waals surface area contributed by atoms with E-state index in [1.54, 1.807) is 0 Å². The molecule has 156 valence electrons. The van der Waals surface area contributed by atoms with Crippen LogP contribution >= 0.6 is 11.8 Å². The topological polar surface area (TPSA) is 77.8 Å². The molecule has 3 atom stereocenters. The minimum absolute atomic E-state index is 0.186. The van der Waals surface area contributed by atoms with Gasteiger partial charge in [-0.05, 0) is 50.2 Å². The summed E-state index contributed by atoms with van der Waals surface area (Å²) in [5, 5.41) is 19.2. The van der Waals surface area contributed by atoms with Crippen molar-refractivity contribution in [2.45, 2.75) is 81.1 Å². The number of carbonyl (C=O) groups is 2. The summed E-state index contributed by atoms with van der Waals surface area (Å²) >= 11 is 1.47. The summed E-state index contributed by atoms with van der Waals surface area (Å²) in [7, 11) is 0. The Labute approximate surface area is 172 Å². The molecule has 1 heterocycles. The van der Waals surface area contributed by atoms with Crippen molar-refractivity contribution in [3.63, 3.8) is 0 Å². The maximum absolute atomic E-state index is 12.5. The first-order valence-corrected chi connectivity index (χ1v) is 11.3. The Kier molecular flexibility index (Phi) is 9.85. The smallest absolute Gasteiger partial charge is 0.303 e. The number of carboxylic acid groups (broad SMARTS) is 1. The third-order valence-electron chi connectivity index (χ3n) is 5.40. The van der Waals surface area contributed by atoms with E-state index in [0.717, 1.165) is 43.5 Å². The Morgan fingerprint density at radius 1 is 1.21 bits per heavy atom. The first-order chi connectivity index (χ1) is 13.5. The number of hydrogen-bond acceptors (Lipinski definition) is 4. The van der Waals surface area contributed by atoms with Crippen molar-refractivity contribution in [2.75, 3.05) is 6.54 Å². The van der Waals surface area contributed by atoms with Crippen LogP contribution in [-0.4, -0.2) is 45.0 Å². The van der Waals surface area contributed by atoms with E-state index in [4.69, 9.17) is 5.11 Å². The van der Waals surface area contributed by atoms with E-state index < -0.39 is 11.4 Å². The van der Waals surface area contributed by atoms with Gasteiger partial charge in [-0.2, -0.15) is 0 Å². The van der Waals surface area contributed by atoms with E-state index in [0.29, 0.717) is 19.3 Å². The van der Waals surface area contributed by atoms with Crippen molar-refractivity contribution in [1.82, 2.24) is 4.90 Å². The SMILES string of the molecule is C[C@@H](CC(O)Sc1ccccc1)[C@H]1CCCC(=O)N1CCCCCCC(=O)O. The van der Waals surface area contributed by atoms with Crippen LogP contribution in [0.3, 0.4) is 0 Å². The molecule has 1 amide bonds. The summed E-state index contributed by atoms with van der Waals surface area (Å²) in [6.45, 7) is 2.88. The molecule has 1 saturated heterocycles. The summed E-state index contributed by atoms with van der Waals surface area (Å²) < 4.78 is 0. The first-order valence-electron chi connectivity index (χ1n) is 10.4. The number of aliphatic hydroxyl groups excluding tert-OH is 1. The van der Waals surface area contributed by atoms with Gasteiger partial charge in [0.15, 0.2) is 0 Å². The second kappa shape index (κ2) is 12.1. The van der Waals surface area contributed by atoms with Gasteiger partial charge in [0.2, 0.25) is 5.91 Å². The first kappa shape index (κ1) is 22.8. The van der Waals surface area contributed by atoms with Crippen LogP contribution in [0.2, 0.25) is 0 Å². The summed E-state index contributed by atoms with van der Waals surface area (Å²) in [4.78, 5) is 26.1. The number of carboxylic acids is 1. The number of unbranched alkanes of at least 4 members (excludes halogenated alkanes) is 3. The monoisotopic (exact) mass is 407 g/mol. The van der Waals surface area contributed by atoms with Crippen molar-refractivity contribution in [3.05, 3.63) is 30.3 Å². The highest BCUT2D eigenvalue weighted by atomic mass is 32.2. The number of amides is 1. The minimum atomic E-state index is -0.743. The lowest BCUT2D eigenvalue weighted by Crippen LogP contribution is -2.47. The number of likely N-dealkylation sites (tertiary alicyclic amines) is 1. The Bertz CT molecular complexity index is 610. The number of piperidine rings is 1. The zero-order chi connectivity index (χ0) is 20.4. The van der Waals surface area contributed by atoms with Gasteiger partial charge in [-0.1, -0.05) is 49.7 Å². The van der Waals surface area contributed by atoms with Crippen LogP contribution in [0.5, 0.6) is 0 Å². The minimum Gasteiger partial charge on any atom is -0.481 e. The zero-order valence-corrected chi connectivity index (χ0v) is 17.6. The van der Waals surface area contributed by atoms with Crippen molar-refractivity contribution in [1.29, 1.82) is 0 Å². The molecule has 1 aliphatic heterocycles. The fourth-order valence-corrected chi connectivity index (χ4v) is 4.95. The van der Waals surface area contributed by atoms with Gasteiger partial charge in [0, 0.05) is 30.3 Å². The number of carbonyl (C=O) groups excluding carboxylic acids is 1. The maximum Gasteiger partial charge on any atom is 0.303 e. The van der Waals surface area contributed by atoms with Crippen LogP contribution in [0.1, 0.15) is 64.7 Å². The van der Waals surface area contributed by atoms with Gasteiger partial charge in [-0.25, -0.2) is 0 Å². The van der Waals surface area contributed by atoms with Crippen molar-refractivity contribution >= 4 is 23.6 Å². The summed E-state index contributed by atoms with van der Waals surface area (Å²) in [6.07, 6.45) is 6.86. The predicted octanol–water partition coefficient (Wildman–Crippen LogP) is 4.54. The number of aliphatic hydroxyl groups is 1. The van der Waals surface area contributed by atoms with E-state index in [-0.39, 0.29) is 24.3 Å². The van der Waals surface area contributed by atoms with Gasteiger partial charge in [0.05, 0.1) is 0 Å². The predicted molar refractivity (Wildman–Crippen MR) is 112 cm³/mol. The van der Waals surface area contributed by atoms with E-state index >= 15 is 0 Å². The van der Waals surface area contributed by atoms with Gasteiger partial charge < -0.3 is 15.1 Å². The summed E-state index contributed by atoms with van der Waals surface area (Å²) in [5.41, 5.74) is -0.479. The molecule has 0 radical (unpaired) electrons. The summed E-state index contributed by atoms with van der Waals surface area (Å²) in [5.74, 6) is -0.284. The standard InChI is InChI=1S/C22H33NO4S/c1-17(16-22(27)28-18-10-5-4-6-11-18)19-12-9-13-20(24)23(19)15-8-3-2-7-14-21(25)26/h4-6,10-11,17,19,22,27H,2-3,7-9,12-16H2,1H3,(H,25,26)/t17-,19+,22?/m0/s1. The van der Waals surface area contributed by atoms with Crippen LogP contribution in [-0.2, 0) is 9.59 Å². The van der Waals surface area contributed by atoms with Gasteiger partial charge in [0.1, 0.15) is 5.44 Å². The molecule has 0 aromatic heterocycles. The third kappa shape index (κ3) is 7.84. The molecule has 0 bridgehead atoms. The molecular formula is C22H33NO4S. The average molecular weight is 408 g/mol. The Morgan fingerprint density at radius 3 is 2.64 bits per heavy atom. The number of aliphatic carboxylic acids is 1. The molecule has 5 nitrogen and oxygen atoms in total. The second-order valence-corrected chi connectivity index (χ2v) is 8.95. The highest BCUT2D eigenvalue weighted by Crippen LogP contribution is 2.31. The third-order valence-corrected chi connectivity index (χ3v) is 6.41. The zero-order valence-electron chi connectivity index (χ0n) is 16.8. The van der Waals surface area contributed by atoms with Crippen molar-refractivity contribution in [3.8, 4) is 0 Å². The lowest BCUT2D eigenvalue weighted by molar-refractivity contribution is -0.138. The lowest BCUT2D eigenvalue weighted by atomic mass is 9.89. The quantitative estimate of drug-likeness (QED) is 0.302. The fraction of sp³-hybridized carbons (Fsp3) is 0.636.